The molecule has 3 rings (SSSR count). The fraction of sp³-hybridized carbons (Fsp3) is 0.733. The van der Waals surface area contributed by atoms with Crippen LogP contribution < -0.4 is 11.1 Å². The first-order valence-electron chi connectivity index (χ1n) is 7.81. The van der Waals surface area contributed by atoms with Crippen molar-refractivity contribution >= 4 is 11.6 Å². The van der Waals surface area contributed by atoms with E-state index in [4.69, 9.17) is 5.73 Å². The van der Waals surface area contributed by atoms with Crippen LogP contribution in [-0.2, 0) is 0 Å². The average molecular weight is 275 g/mol. The van der Waals surface area contributed by atoms with Crippen molar-refractivity contribution in [3.05, 3.63) is 11.4 Å². The molecule has 2 fully saturated rings. The number of hydrogen-bond acceptors (Lipinski definition) is 5. The van der Waals surface area contributed by atoms with Crippen LogP contribution in [0.15, 0.2) is 0 Å². The van der Waals surface area contributed by atoms with Gasteiger partial charge >= 0.3 is 0 Å². The van der Waals surface area contributed by atoms with Crippen LogP contribution >= 0.6 is 0 Å². The molecular weight excluding hydrogens is 250 g/mol. The van der Waals surface area contributed by atoms with E-state index in [-0.39, 0.29) is 0 Å². The van der Waals surface area contributed by atoms with Gasteiger partial charge in [-0.05, 0) is 39.2 Å². The molecule has 3 N–H and O–H groups in total. The van der Waals surface area contributed by atoms with E-state index in [2.05, 4.69) is 27.1 Å². The lowest BCUT2D eigenvalue weighted by molar-refractivity contribution is 0.289. The first-order valence-corrected chi connectivity index (χ1v) is 7.81. The van der Waals surface area contributed by atoms with Crippen molar-refractivity contribution in [3.63, 3.8) is 0 Å². The van der Waals surface area contributed by atoms with Crippen LogP contribution in [0.1, 0.15) is 49.9 Å². The molecular formula is C15H25N5. The summed E-state index contributed by atoms with van der Waals surface area (Å²) in [5.41, 5.74) is 6.98. The van der Waals surface area contributed by atoms with Crippen molar-refractivity contribution < 1.29 is 0 Å². The Morgan fingerprint density at radius 3 is 2.60 bits per heavy atom. The number of aromatic nitrogens is 2. The van der Waals surface area contributed by atoms with Gasteiger partial charge < -0.3 is 11.1 Å². The van der Waals surface area contributed by atoms with Gasteiger partial charge in [-0.15, -0.1) is 0 Å². The van der Waals surface area contributed by atoms with Gasteiger partial charge in [-0.25, -0.2) is 9.97 Å². The minimum atomic E-state index is 0.539. The normalized spacial score (nSPS) is 18.6. The number of rotatable bonds is 7. The first kappa shape index (κ1) is 13.6. The largest absolute Gasteiger partial charge is 0.383 e. The standard InChI is InChI=1S/C15H25N5/c1-3-20(12-6-7-12)9-8-17-14-10(2)13(16)18-15(19-14)11-4-5-11/h11-12H,3-9H2,1-2H3,(H3,16,17,18,19). The Morgan fingerprint density at radius 2 is 2.00 bits per heavy atom. The highest BCUT2D eigenvalue weighted by molar-refractivity contribution is 5.55. The third-order valence-electron chi connectivity index (χ3n) is 4.30. The second kappa shape index (κ2) is 5.56. The number of likely N-dealkylation sites (N-methyl/N-ethyl adjacent to an activating group) is 1. The molecule has 0 atom stereocenters. The van der Waals surface area contributed by atoms with Crippen LogP contribution in [0.2, 0.25) is 0 Å². The van der Waals surface area contributed by atoms with Gasteiger partial charge in [0.1, 0.15) is 17.5 Å². The molecule has 2 aliphatic rings. The van der Waals surface area contributed by atoms with Crippen molar-refractivity contribution in [1.29, 1.82) is 0 Å². The zero-order chi connectivity index (χ0) is 14.1. The summed E-state index contributed by atoms with van der Waals surface area (Å²) in [5, 5.41) is 3.45. The van der Waals surface area contributed by atoms with Crippen molar-refractivity contribution in [2.45, 2.75) is 51.5 Å². The Bertz CT molecular complexity index is 479. The monoisotopic (exact) mass is 275 g/mol. The summed E-state index contributed by atoms with van der Waals surface area (Å²) >= 11 is 0. The first-order chi connectivity index (χ1) is 9.69. The topological polar surface area (TPSA) is 67.1 Å². The molecule has 1 aromatic rings. The molecule has 20 heavy (non-hydrogen) atoms. The number of nitrogens with one attached hydrogen (secondary N) is 1. The third-order valence-corrected chi connectivity index (χ3v) is 4.30. The number of anilines is 2. The van der Waals surface area contributed by atoms with Crippen LogP contribution in [0, 0.1) is 6.92 Å². The molecule has 0 saturated heterocycles. The van der Waals surface area contributed by atoms with Gasteiger partial charge in [-0.3, -0.25) is 4.90 Å². The van der Waals surface area contributed by atoms with E-state index in [1.54, 1.807) is 0 Å². The number of nitrogens with two attached hydrogens (primary N) is 1. The molecule has 0 aromatic carbocycles. The van der Waals surface area contributed by atoms with Gasteiger partial charge in [0, 0.05) is 30.6 Å². The highest BCUT2D eigenvalue weighted by Crippen LogP contribution is 2.39. The summed E-state index contributed by atoms with van der Waals surface area (Å²) < 4.78 is 0. The maximum absolute atomic E-state index is 6.00. The fourth-order valence-corrected chi connectivity index (χ4v) is 2.60. The fourth-order valence-electron chi connectivity index (χ4n) is 2.60. The van der Waals surface area contributed by atoms with E-state index in [9.17, 15) is 0 Å². The van der Waals surface area contributed by atoms with Gasteiger partial charge in [0.15, 0.2) is 0 Å². The molecule has 5 nitrogen and oxygen atoms in total. The molecule has 0 amide bonds. The quantitative estimate of drug-likeness (QED) is 0.798. The summed E-state index contributed by atoms with van der Waals surface area (Å²) in [7, 11) is 0. The van der Waals surface area contributed by atoms with E-state index in [1.165, 1.54) is 25.7 Å². The van der Waals surface area contributed by atoms with Gasteiger partial charge in [-0.1, -0.05) is 6.92 Å². The lowest BCUT2D eigenvalue weighted by Crippen LogP contribution is -2.31. The Labute approximate surface area is 121 Å². The average Bonchev–Trinajstić information content (AvgIpc) is 3.29. The van der Waals surface area contributed by atoms with Crippen molar-refractivity contribution in [3.8, 4) is 0 Å². The van der Waals surface area contributed by atoms with Crippen molar-refractivity contribution in [2.24, 2.45) is 0 Å². The Balaban J connectivity index is 1.61. The van der Waals surface area contributed by atoms with Crippen LogP contribution in [-0.4, -0.2) is 40.5 Å². The predicted octanol–water partition coefficient (Wildman–Crippen LogP) is 2.14. The third kappa shape index (κ3) is 3.03. The van der Waals surface area contributed by atoms with Crippen LogP contribution in [0.5, 0.6) is 0 Å². The highest BCUT2D eigenvalue weighted by Gasteiger charge is 2.28. The molecule has 110 valence electrons. The van der Waals surface area contributed by atoms with Gasteiger partial charge in [0.2, 0.25) is 0 Å². The van der Waals surface area contributed by atoms with E-state index >= 15 is 0 Å². The molecule has 0 bridgehead atoms. The number of nitrogen functional groups attached to an aromatic ring is 1. The minimum absolute atomic E-state index is 0.539. The van der Waals surface area contributed by atoms with Crippen LogP contribution in [0.25, 0.3) is 0 Å². The van der Waals surface area contributed by atoms with Gasteiger partial charge in [-0.2, -0.15) is 0 Å². The van der Waals surface area contributed by atoms with Crippen molar-refractivity contribution in [1.82, 2.24) is 14.9 Å². The minimum Gasteiger partial charge on any atom is -0.383 e. The maximum atomic E-state index is 6.00. The summed E-state index contributed by atoms with van der Waals surface area (Å²) in [6.45, 7) is 7.35. The zero-order valence-corrected chi connectivity index (χ0v) is 12.5. The summed E-state index contributed by atoms with van der Waals surface area (Å²) in [6, 6.07) is 0.820. The number of hydrogen-bond donors (Lipinski definition) is 2. The molecule has 0 unspecified atom stereocenters. The van der Waals surface area contributed by atoms with E-state index in [0.29, 0.717) is 11.7 Å². The molecule has 1 heterocycles. The summed E-state index contributed by atoms with van der Waals surface area (Å²) in [6.07, 6.45) is 5.12. The Hall–Kier alpha value is -1.36. The van der Waals surface area contributed by atoms with Gasteiger partial charge in [0.25, 0.3) is 0 Å². The smallest absolute Gasteiger partial charge is 0.136 e. The van der Waals surface area contributed by atoms with E-state index in [0.717, 1.165) is 42.9 Å². The van der Waals surface area contributed by atoms with E-state index < -0.39 is 0 Å². The summed E-state index contributed by atoms with van der Waals surface area (Å²) in [5.74, 6) is 3.01. The second-order valence-electron chi connectivity index (χ2n) is 6.00. The van der Waals surface area contributed by atoms with Crippen molar-refractivity contribution in [2.75, 3.05) is 30.7 Å². The molecule has 0 spiro atoms. The highest BCUT2D eigenvalue weighted by atomic mass is 15.2. The molecule has 2 saturated carbocycles. The molecule has 2 aliphatic carbocycles. The lowest BCUT2D eigenvalue weighted by atomic mass is 10.3. The van der Waals surface area contributed by atoms with E-state index in [1.807, 2.05) is 6.92 Å². The van der Waals surface area contributed by atoms with Crippen LogP contribution in [0.3, 0.4) is 0 Å². The molecule has 0 radical (unpaired) electrons. The lowest BCUT2D eigenvalue weighted by Gasteiger charge is -2.20. The summed E-state index contributed by atoms with van der Waals surface area (Å²) in [4.78, 5) is 11.6. The number of nitrogens with zero attached hydrogens (tertiary/aromatic N) is 3. The molecule has 5 heteroatoms. The van der Waals surface area contributed by atoms with Gasteiger partial charge in [0.05, 0.1) is 0 Å². The molecule has 1 aromatic heterocycles. The maximum Gasteiger partial charge on any atom is 0.136 e. The Morgan fingerprint density at radius 1 is 1.25 bits per heavy atom. The zero-order valence-electron chi connectivity index (χ0n) is 12.5. The second-order valence-corrected chi connectivity index (χ2v) is 6.00. The van der Waals surface area contributed by atoms with Crippen LogP contribution in [0.4, 0.5) is 11.6 Å². The molecule has 0 aliphatic heterocycles. The Kier molecular flexibility index (Phi) is 3.78. The predicted molar refractivity (Wildman–Crippen MR) is 81.9 cm³/mol. The SMILES string of the molecule is CCN(CCNc1nc(C2CC2)nc(N)c1C)C1CC1.